The number of nitrogens with zero attached hydrogens (tertiary/aromatic N) is 1. The maximum absolute atomic E-state index is 11.6. The van der Waals surface area contributed by atoms with E-state index in [1.165, 1.54) is 0 Å². The van der Waals surface area contributed by atoms with Gasteiger partial charge < -0.3 is 5.11 Å². The van der Waals surface area contributed by atoms with Gasteiger partial charge in [0.1, 0.15) is 0 Å². The van der Waals surface area contributed by atoms with E-state index in [1.807, 2.05) is 0 Å². The molecule has 0 unspecified atom stereocenters. The second kappa shape index (κ2) is 3.88. The lowest BCUT2D eigenvalue weighted by Gasteiger charge is -2.35. The van der Waals surface area contributed by atoms with Gasteiger partial charge in [0.25, 0.3) is 0 Å². The Hall–Kier alpha value is -0.150. The van der Waals surface area contributed by atoms with Crippen molar-refractivity contribution < 1.29 is 9.50 Å². The van der Waals surface area contributed by atoms with Crippen LogP contribution in [0.4, 0.5) is 4.39 Å². The fourth-order valence-electron chi connectivity index (χ4n) is 1.16. The van der Waals surface area contributed by atoms with Gasteiger partial charge in [-0.25, -0.2) is 0 Å². The Balaban J connectivity index is 1.86. The third kappa shape index (κ3) is 2.23. The van der Waals surface area contributed by atoms with Crippen LogP contribution in [0.15, 0.2) is 0 Å². The molecule has 0 aliphatic carbocycles. The van der Waals surface area contributed by atoms with Crippen LogP contribution in [0.2, 0.25) is 0 Å². The summed E-state index contributed by atoms with van der Waals surface area (Å²) in [5.41, 5.74) is 0. The summed E-state index contributed by atoms with van der Waals surface area (Å²) in [5, 5.41) is 8.86. The van der Waals surface area contributed by atoms with Crippen LogP contribution in [-0.2, 0) is 0 Å². The van der Waals surface area contributed by atoms with Gasteiger partial charge >= 0.3 is 0 Å². The van der Waals surface area contributed by atoms with E-state index in [0.717, 1.165) is 26.1 Å². The number of aliphatic hydroxyl groups excluding tert-OH is 1. The average Bonchev–Trinajstić information content (AvgIpc) is 1.85. The molecule has 1 rings (SSSR count). The standard InChI is InChI=1S/C7H14FNO/c8-3-1-2-4-9-5-7(10)6-9/h7,10H,1-6H2. The Morgan fingerprint density at radius 1 is 1.40 bits per heavy atom. The summed E-state index contributed by atoms with van der Waals surface area (Å²) in [6.45, 7) is 2.30. The quantitative estimate of drug-likeness (QED) is 0.582. The molecule has 0 amide bonds. The molecule has 0 radical (unpaired) electrons. The molecule has 3 heteroatoms. The van der Waals surface area contributed by atoms with Gasteiger partial charge in [0.05, 0.1) is 12.8 Å². The summed E-state index contributed by atoms with van der Waals surface area (Å²) < 4.78 is 11.6. The Morgan fingerprint density at radius 2 is 2.10 bits per heavy atom. The number of hydrogen-bond donors (Lipinski definition) is 1. The van der Waals surface area contributed by atoms with Crippen molar-refractivity contribution >= 4 is 0 Å². The summed E-state index contributed by atoms with van der Waals surface area (Å²) in [5.74, 6) is 0. The van der Waals surface area contributed by atoms with Gasteiger partial charge in [-0.1, -0.05) is 0 Å². The van der Waals surface area contributed by atoms with E-state index in [0.29, 0.717) is 6.42 Å². The minimum atomic E-state index is -0.212. The number of hydrogen-bond acceptors (Lipinski definition) is 2. The molecule has 1 aliphatic rings. The zero-order valence-electron chi connectivity index (χ0n) is 6.09. The highest BCUT2D eigenvalue weighted by molar-refractivity contribution is 4.77. The van der Waals surface area contributed by atoms with Crippen LogP contribution in [0.3, 0.4) is 0 Å². The number of likely N-dealkylation sites (tertiary alicyclic amines) is 1. The lowest BCUT2D eigenvalue weighted by Crippen LogP contribution is -2.50. The maximum Gasteiger partial charge on any atom is 0.0894 e. The highest BCUT2D eigenvalue weighted by atomic mass is 19.1. The fourth-order valence-corrected chi connectivity index (χ4v) is 1.16. The van der Waals surface area contributed by atoms with E-state index in [9.17, 15) is 4.39 Å². The van der Waals surface area contributed by atoms with Crippen molar-refractivity contribution in [2.45, 2.75) is 18.9 Å². The average molecular weight is 147 g/mol. The largest absolute Gasteiger partial charge is 0.390 e. The van der Waals surface area contributed by atoms with Gasteiger partial charge in [0, 0.05) is 13.1 Å². The predicted molar refractivity (Wildman–Crippen MR) is 37.7 cm³/mol. The number of unbranched alkanes of at least 4 members (excludes halogenated alkanes) is 1. The second-order valence-corrected chi connectivity index (χ2v) is 2.81. The van der Waals surface area contributed by atoms with Crippen molar-refractivity contribution in [3.05, 3.63) is 0 Å². The maximum atomic E-state index is 11.6. The van der Waals surface area contributed by atoms with E-state index in [2.05, 4.69) is 4.90 Å². The van der Waals surface area contributed by atoms with Crippen molar-refractivity contribution in [1.82, 2.24) is 4.90 Å². The van der Waals surface area contributed by atoms with Crippen LogP contribution in [0.5, 0.6) is 0 Å². The molecule has 0 atom stereocenters. The van der Waals surface area contributed by atoms with E-state index in [-0.39, 0.29) is 12.8 Å². The first kappa shape index (κ1) is 7.95. The summed E-state index contributed by atoms with van der Waals surface area (Å²) in [6.07, 6.45) is 1.46. The molecule has 0 aromatic rings. The number of aliphatic hydroxyl groups is 1. The molecule has 2 nitrogen and oxygen atoms in total. The van der Waals surface area contributed by atoms with Crippen LogP contribution >= 0.6 is 0 Å². The van der Waals surface area contributed by atoms with Gasteiger partial charge in [0.2, 0.25) is 0 Å². The number of alkyl halides is 1. The number of rotatable bonds is 4. The molecule has 1 aliphatic heterocycles. The summed E-state index contributed by atoms with van der Waals surface area (Å²) in [7, 11) is 0. The number of β-amino-alcohol motifs (C(OH)–C–C–N with tert-alkyl or cyclic N) is 1. The molecule has 0 spiro atoms. The normalized spacial score (nSPS) is 21.0. The van der Waals surface area contributed by atoms with Crippen LogP contribution in [0.1, 0.15) is 12.8 Å². The zero-order valence-corrected chi connectivity index (χ0v) is 6.09. The molecular weight excluding hydrogens is 133 g/mol. The van der Waals surface area contributed by atoms with Crippen molar-refractivity contribution in [2.75, 3.05) is 26.3 Å². The SMILES string of the molecule is OC1CN(CCCCF)C1. The molecule has 0 aromatic carbocycles. The molecule has 10 heavy (non-hydrogen) atoms. The molecule has 1 N–H and O–H groups in total. The monoisotopic (exact) mass is 147 g/mol. The Kier molecular flexibility index (Phi) is 3.09. The predicted octanol–water partition coefficient (Wildman–Crippen LogP) is 0.413. The van der Waals surface area contributed by atoms with E-state index in [1.54, 1.807) is 0 Å². The van der Waals surface area contributed by atoms with E-state index in [4.69, 9.17) is 5.11 Å². The second-order valence-electron chi connectivity index (χ2n) is 2.81. The molecule has 0 saturated carbocycles. The zero-order chi connectivity index (χ0) is 7.40. The minimum absolute atomic E-state index is 0.120. The Morgan fingerprint density at radius 3 is 2.60 bits per heavy atom. The van der Waals surface area contributed by atoms with Crippen LogP contribution in [0.25, 0.3) is 0 Å². The van der Waals surface area contributed by atoms with E-state index >= 15 is 0 Å². The van der Waals surface area contributed by atoms with Gasteiger partial charge in [-0.05, 0) is 19.4 Å². The minimum Gasteiger partial charge on any atom is -0.390 e. The lowest BCUT2D eigenvalue weighted by molar-refractivity contribution is 0.00136. The Bertz CT molecular complexity index is 93.6. The van der Waals surface area contributed by atoms with Crippen molar-refractivity contribution in [2.24, 2.45) is 0 Å². The fraction of sp³-hybridized carbons (Fsp3) is 1.00. The van der Waals surface area contributed by atoms with Crippen molar-refractivity contribution in [3.63, 3.8) is 0 Å². The van der Waals surface area contributed by atoms with Gasteiger partial charge in [-0.15, -0.1) is 0 Å². The topological polar surface area (TPSA) is 23.5 Å². The summed E-state index contributed by atoms with van der Waals surface area (Å²) >= 11 is 0. The van der Waals surface area contributed by atoms with E-state index < -0.39 is 0 Å². The van der Waals surface area contributed by atoms with Gasteiger partial charge in [0.15, 0.2) is 0 Å². The third-order valence-corrected chi connectivity index (χ3v) is 1.80. The molecule has 1 saturated heterocycles. The highest BCUT2D eigenvalue weighted by Crippen LogP contribution is 2.07. The number of halogens is 1. The molecule has 60 valence electrons. The summed E-state index contributed by atoms with van der Waals surface area (Å²) in [6, 6.07) is 0. The van der Waals surface area contributed by atoms with Crippen LogP contribution in [0, 0.1) is 0 Å². The molecule has 0 bridgehead atoms. The first-order valence-electron chi connectivity index (χ1n) is 3.79. The third-order valence-electron chi connectivity index (χ3n) is 1.80. The summed E-state index contributed by atoms with van der Waals surface area (Å²) in [4.78, 5) is 2.14. The van der Waals surface area contributed by atoms with Crippen molar-refractivity contribution in [3.8, 4) is 0 Å². The molecular formula is C7H14FNO. The van der Waals surface area contributed by atoms with Gasteiger partial charge in [-0.2, -0.15) is 0 Å². The molecule has 1 heterocycles. The lowest BCUT2D eigenvalue weighted by atomic mass is 10.1. The smallest absolute Gasteiger partial charge is 0.0894 e. The van der Waals surface area contributed by atoms with Crippen LogP contribution in [-0.4, -0.2) is 42.4 Å². The Labute approximate surface area is 60.6 Å². The highest BCUT2D eigenvalue weighted by Gasteiger charge is 2.22. The first-order valence-corrected chi connectivity index (χ1v) is 3.79. The van der Waals surface area contributed by atoms with Crippen LogP contribution < -0.4 is 0 Å². The van der Waals surface area contributed by atoms with Gasteiger partial charge in [-0.3, -0.25) is 9.29 Å². The molecule has 1 fully saturated rings. The first-order chi connectivity index (χ1) is 4.83. The van der Waals surface area contributed by atoms with Crippen molar-refractivity contribution in [1.29, 1.82) is 0 Å². The molecule has 0 aromatic heterocycles.